The second-order valence-electron chi connectivity index (χ2n) is 7.42. The Labute approximate surface area is 196 Å². The Bertz CT molecular complexity index is 1320. The number of ether oxygens (including phenoxy) is 2. The van der Waals surface area contributed by atoms with Gasteiger partial charge in [-0.1, -0.05) is 30.3 Å². The number of carbonyl (C=O) groups excluding carboxylic acids is 2. The highest BCUT2D eigenvalue weighted by Gasteiger charge is 2.29. The van der Waals surface area contributed by atoms with E-state index < -0.39 is 23.4 Å². The van der Waals surface area contributed by atoms with Crippen molar-refractivity contribution in [1.82, 2.24) is 4.57 Å². The van der Waals surface area contributed by atoms with Gasteiger partial charge < -0.3 is 19.7 Å². The second kappa shape index (κ2) is 9.54. The van der Waals surface area contributed by atoms with Gasteiger partial charge in [0, 0.05) is 11.3 Å². The molecular formula is C27H23NO6. The molecule has 0 radical (unpaired) electrons. The summed E-state index contributed by atoms with van der Waals surface area (Å²) in [4.78, 5) is 25.5. The number of methoxy groups -OCH3 is 1. The lowest BCUT2D eigenvalue weighted by Gasteiger charge is -2.13. The Morgan fingerprint density at radius 3 is 2.06 bits per heavy atom. The predicted molar refractivity (Wildman–Crippen MR) is 127 cm³/mol. The Balaban J connectivity index is 1.89. The lowest BCUT2D eigenvalue weighted by atomic mass is 9.99. The lowest BCUT2D eigenvalue weighted by molar-refractivity contribution is 0.0526. The Hall–Kier alpha value is -4.52. The molecule has 0 unspecified atom stereocenters. The highest BCUT2D eigenvalue weighted by molar-refractivity contribution is 6.15. The molecule has 2 N–H and O–H groups in total. The summed E-state index contributed by atoms with van der Waals surface area (Å²) in [6.07, 6.45) is 0. The fourth-order valence-electron chi connectivity index (χ4n) is 3.73. The fourth-order valence-corrected chi connectivity index (χ4v) is 3.73. The highest BCUT2D eigenvalue weighted by Crippen LogP contribution is 2.44. The summed E-state index contributed by atoms with van der Waals surface area (Å²) >= 11 is 0. The number of aromatic nitrogens is 1. The minimum atomic E-state index is -0.533. The minimum Gasteiger partial charge on any atom is -0.503 e. The first-order chi connectivity index (χ1) is 16.5. The van der Waals surface area contributed by atoms with Crippen LogP contribution in [0.1, 0.15) is 33.2 Å². The summed E-state index contributed by atoms with van der Waals surface area (Å²) in [7, 11) is 1.53. The van der Waals surface area contributed by atoms with Gasteiger partial charge in [-0.2, -0.15) is 0 Å². The van der Waals surface area contributed by atoms with Gasteiger partial charge in [0.05, 0.1) is 30.5 Å². The van der Waals surface area contributed by atoms with Crippen LogP contribution in [0.4, 0.5) is 0 Å². The molecular weight excluding hydrogens is 434 g/mol. The molecule has 0 aliphatic carbocycles. The van der Waals surface area contributed by atoms with Gasteiger partial charge in [0.25, 0.3) is 0 Å². The third-order valence-electron chi connectivity index (χ3n) is 5.38. The third-order valence-corrected chi connectivity index (χ3v) is 5.38. The van der Waals surface area contributed by atoms with Crippen LogP contribution >= 0.6 is 0 Å². The van der Waals surface area contributed by atoms with Crippen LogP contribution in [0, 0.1) is 0 Å². The molecule has 4 rings (SSSR count). The molecule has 172 valence electrons. The number of carbonyl (C=O) groups is 2. The van der Waals surface area contributed by atoms with Gasteiger partial charge in [-0.3, -0.25) is 9.36 Å². The smallest absolute Gasteiger partial charge is 0.338 e. The van der Waals surface area contributed by atoms with Crippen LogP contribution in [0.5, 0.6) is 17.4 Å². The van der Waals surface area contributed by atoms with Crippen LogP contribution in [0.2, 0.25) is 0 Å². The van der Waals surface area contributed by atoms with Crippen molar-refractivity contribution in [2.75, 3.05) is 13.7 Å². The van der Waals surface area contributed by atoms with E-state index in [0.717, 1.165) is 0 Å². The van der Waals surface area contributed by atoms with Crippen LogP contribution in [-0.4, -0.2) is 40.2 Å². The molecule has 34 heavy (non-hydrogen) atoms. The topological polar surface area (TPSA) is 98.0 Å². The van der Waals surface area contributed by atoms with E-state index in [-0.39, 0.29) is 12.2 Å². The van der Waals surface area contributed by atoms with Gasteiger partial charge in [0.1, 0.15) is 5.75 Å². The molecule has 1 heterocycles. The van der Waals surface area contributed by atoms with Crippen molar-refractivity contribution >= 4 is 11.8 Å². The minimum absolute atomic E-state index is 0.0386. The van der Waals surface area contributed by atoms with Crippen LogP contribution < -0.4 is 4.74 Å². The zero-order valence-corrected chi connectivity index (χ0v) is 18.7. The largest absolute Gasteiger partial charge is 0.503 e. The van der Waals surface area contributed by atoms with Crippen LogP contribution in [0.3, 0.4) is 0 Å². The number of aromatic hydroxyl groups is 2. The molecule has 0 bridgehead atoms. The van der Waals surface area contributed by atoms with Gasteiger partial charge >= 0.3 is 5.97 Å². The van der Waals surface area contributed by atoms with Crippen molar-refractivity contribution in [2.24, 2.45) is 0 Å². The van der Waals surface area contributed by atoms with Crippen molar-refractivity contribution in [2.45, 2.75) is 6.92 Å². The number of hydrogen-bond donors (Lipinski definition) is 2. The molecule has 0 aliphatic rings. The number of ketones is 1. The van der Waals surface area contributed by atoms with E-state index in [1.807, 2.05) is 6.07 Å². The van der Waals surface area contributed by atoms with Gasteiger partial charge in [-0.05, 0) is 61.0 Å². The Morgan fingerprint density at radius 2 is 1.47 bits per heavy atom. The van der Waals surface area contributed by atoms with Gasteiger partial charge in [-0.15, -0.1) is 0 Å². The number of rotatable bonds is 7. The normalized spacial score (nSPS) is 10.6. The molecule has 0 spiro atoms. The summed E-state index contributed by atoms with van der Waals surface area (Å²) in [5, 5.41) is 21.8. The van der Waals surface area contributed by atoms with Crippen molar-refractivity contribution in [3.63, 3.8) is 0 Å². The third kappa shape index (κ3) is 4.11. The van der Waals surface area contributed by atoms with Crippen molar-refractivity contribution in [3.8, 4) is 34.3 Å². The molecule has 1 aromatic heterocycles. The summed E-state index contributed by atoms with van der Waals surface area (Å²) in [5.41, 5.74) is 2.02. The zero-order chi connectivity index (χ0) is 24.2. The van der Waals surface area contributed by atoms with Gasteiger partial charge in [-0.25, -0.2) is 4.79 Å². The molecule has 0 fully saturated rings. The van der Waals surface area contributed by atoms with E-state index >= 15 is 0 Å². The zero-order valence-electron chi connectivity index (χ0n) is 18.7. The standard InChI is InChI=1S/C27H23NO6/c1-3-34-27(32)19-9-13-20(14-10-19)28-23(17-7-5-4-6-8-17)22(25(30)26(28)31)24(29)18-11-15-21(33-2)16-12-18/h4-16,30-31H,3H2,1-2H3. The number of esters is 1. The van der Waals surface area contributed by atoms with Crippen molar-refractivity contribution in [3.05, 3.63) is 95.6 Å². The quantitative estimate of drug-likeness (QED) is 0.300. The van der Waals surface area contributed by atoms with Crippen molar-refractivity contribution in [1.29, 1.82) is 0 Å². The van der Waals surface area contributed by atoms with Crippen molar-refractivity contribution < 1.29 is 29.3 Å². The predicted octanol–water partition coefficient (Wildman–Crippen LogP) is 4.97. The van der Waals surface area contributed by atoms with E-state index in [9.17, 15) is 19.8 Å². The first-order valence-electron chi connectivity index (χ1n) is 10.6. The molecule has 0 saturated carbocycles. The number of nitrogens with zero attached hydrogens (tertiary/aromatic N) is 1. The molecule has 7 nitrogen and oxygen atoms in total. The molecule has 4 aromatic rings. The van der Waals surface area contributed by atoms with Gasteiger partial charge in [0.2, 0.25) is 5.88 Å². The lowest BCUT2D eigenvalue weighted by Crippen LogP contribution is -2.06. The van der Waals surface area contributed by atoms with E-state index in [1.165, 1.54) is 11.7 Å². The van der Waals surface area contributed by atoms with Crippen LogP contribution in [0.25, 0.3) is 16.9 Å². The van der Waals surface area contributed by atoms with E-state index in [1.54, 1.807) is 79.7 Å². The summed E-state index contributed by atoms with van der Waals surface area (Å²) in [6, 6.07) is 21.8. The monoisotopic (exact) mass is 457 g/mol. The maximum Gasteiger partial charge on any atom is 0.338 e. The average Bonchev–Trinajstić information content (AvgIpc) is 3.14. The highest BCUT2D eigenvalue weighted by atomic mass is 16.5. The fraction of sp³-hybridized carbons (Fsp3) is 0.111. The summed E-state index contributed by atoms with van der Waals surface area (Å²) in [5.74, 6) is -1.36. The summed E-state index contributed by atoms with van der Waals surface area (Å²) < 4.78 is 11.6. The average molecular weight is 457 g/mol. The first kappa shape index (κ1) is 22.7. The molecule has 0 saturated heterocycles. The SMILES string of the molecule is CCOC(=O)c1ccc(-n2c(O)c(O)c(C(=O)c3ccc(OC)cc3)c2-c2ccccc2)cc1. The number of hydrogen-bond acceptors (Lipinski definition) is 6. The molecule has 0 amide bonds. The Kier molecular flexibility index (Phi) is 6.36. The van der Waals surface area contributed by atoms with Crippen LogP contribution in [-0.2, 0) is 4.74 Å². The van der Waals surface area contributed by atoms with Crippen LogP contribution in [0.15, 0.2) is 78.9 Å². The number of benzene rings is 3. The molecule has 0 atom stereocenters. The molecule has 3 aromatic carbocycles. The van der Waals surface area contributed by atoms with E-state index in [2.05, 4.69) is 0 Å². The Morgan fingerprint density at radius 1 is 0.853 bits per heavy atom. The first-order valence-corrected chi connectivity index (χ1v) is 10.6. The maximum atomic E-state index is 13.5. The van der Waals surface area contributed by atoms with E-state index in [4.69, 9.17) is 9.47 Å². The molecule has 0 aliphatic heterocycles. The summed E-state index contributed by atoms with van der Waals surface area (Å²) in [6.45, 7) is 1.97. The second-order valence-corrected chi connectivity index (χ2v) is 7.42. The van der Waals surface area contributed by atoms with Gasteiger partial charge in [0.15, 0.2) is 11.5 Å². The molecule has 7 heteroatoms. The maximum absolute atomic E-state index is 13.5. The van der Waals surface area contributed by atoms with E-state index in [0.29, 0.717) is 33.8 Å².